The highest BCUT2D eigenvalue weighted by molar-refractivity contribution is 7.17. The largest absolute Gasteiger partial charge is 0.508 e. The number of hydrogen-bond donors (Lipinski definition) is 3. The molecule has 3 rings (SSSR count). The number of anilines is 2. The van der Waals surface area contributed by atoms with Crippen LogP contribution in [0.4, 0.5) is 10.8 Å². The van der Waals surface area contributed by atoms with Crippen molar-refractivity contribution in [3.8, 4) is 11.5 Å². The Balaban J connectivity index is 1.62. The van der Waals surface area contributed by atoms with Crippen LogP contribution in [-0.4, -0.2) is 29.3 Å². The van der Waals surface area contributed by atoms with Crippen LogP contribution in [0.1, 0.15) is 15.2 Å². The number of ether oxygens (including phenoxy) is 1. The zero-order valence-corrected chi connectivity index (χ0v) is 15.7. The van der Waals surface area contributed by atoms with Crippen molar-refractivity contribution in [2.45, 2.75) is 0 Å². The number of hydrogen-bond acceptors (Lipinski definition) is 7. The quantitative estimate of drug-likeness (QED) is 0.427. The Hall–Kier alpha value is -3.10. The summed E-state index contributed by atoms with van der Waals surface area (Å²) in [5.74, 6) is 0.446. The van der Waals surface area contributed by atoms with Gasteiger partial charge in [-0.05, 0) is 48.5 Å². The molecule has 0 bridgehead atoms. The van der Waals surface area contributed by atoms with E-state index in [1.165, 1.54) is 41.8 Å². The van der Waals surface area contributed by atoms with Crippen molar-refractivity contribution in [3.63, 3.8) is 0 Å². The van der Waals surface area contributed by atoms with Gasteiger partial charge in [0.15, 0.2) is 10.3 Å². The number of thiazole rings is 1. The maximum absolute atomic E-state index is 12.0. The van der Waals surface area contributed by atoms with E-state index in [0.717, 1.165) is 11.4 Å². The SMILES string of the molecule is COc1ccc(Nc2nc(Cl)c(/C=N/NC(=O)c3ccc(O)cc3)s2)cc1. The van der Waals surface area contributed by atoms with Crippen molar-refractivity contribution in [1.29, 1.82) is 0 Å². The number of phenols is 1. The third-order valence-electron chi connectivity index (χ3n) is 3.43. The van der Waals surface area contributed by atoms with Crippen LogP contribution < -0.4 is 15.5 Å². The van der Waals surface area contributed by atoms with Crippen LogP contribution in [0.15, 0.2) is 53.6 Å². The zero-order valence-electron chi connectivity index (χ0n) is 14.1. The summed E-state index contributed by atoms with van der Waals surface area (Å²) in [6, 6.07) is 13.2. The molecule has 0 aliphatic heterocycles. The van der Waals surface area contributed by atoms with Crippen LogP contribution in [-0.2, 0) is 0 Å². The maximum atomic E-state index is 12.0. The molecule has 27 heavy (non-hydrogen) atoms. The van der Waals surface area contributed by atoms with Crippen molar-refractivity contribution < 1.29 is 14.6 Å². The van der Waals surface area contributed by atoms with Gasteiger partial charge in [-0.1, -0.05) is 22.9 Å². The number of rotatable bonds is 6. The van der Waals surface area contributed by atoms with Gasteiger partial charge in [-0.3, -0.25) is 4.79 Å². The van der Waals surface area contributed by atoms with Gasteiger partial charge in [-0.15, -0.1) is 0 Å². The summed E-state index contributed by atoms with van der Waals surface area (Å²) in [5, 5.41) is 17.1. The molecule has 3 aromatic rings. The molecule has 0 radical (unpaired) electrons. The number of nitrogens with one attached hydrogen (secondary N) is 2. The van der Waals surface area contributed by atoms with E-state index in [0.29, 0.717) is 15.6 Å². The van der Waals surface area contributed by atoms with E-state index < -0.39 is 5.91 Å². The first-order valence-corrected chi connectivity index (χ1v) is 8.94. The lowest BCUT2D eigenvalue weighted by molar-refractivity contribution is 0.0955. The molecule has 0 fully saturated rings. The Labute approximate surface area is 164 Å². The van der Waals surface area contributed by atoms with Crippen LogP contribution >= 0.6 is 22.9 Å². The predicted molar refractivity (Wildman–Crippen MR) is 107 cm³/mol. The molecule has 1 heterocycles. The van der Waals surface area contributed by atoms with Crippen LogP contribution in [0.5, 0.6) is 11.5 Å². The minimum absolute atomic E-state index is 0.0865. The molecular weight excluding hydrogens is 388 g/mol. The molecule has 9 heteroatoms. The van der Waals surface area contributed by atoms with E-state index in [2.05, 4.69) is 20.8 Å². The molecule has 7 nitrogen and oxygen atoms in total. The van der Waals surface area contributed by atoms with E-state index in [1.807, 2.05) is 24.3 Å². The fourth-order valence-electron chi connectivity index (χ4n) is 2.07. The number of aromatic nitrogens is 1. The standard InChI is InChI=1S/C18H15ClN4O3S/c1-26-14-8-4-12(5-9-14)21-18-22-16(19)15(27-18)10-20-23-17(25)11-2-6-13(24)7-3-11/h2-10,24H,1H3,(H,21,22)(H,23,25)/b20-10+. The Morgan fingerprint density at radius 3 is 2.59 bits per heavy atom. The predicted octanol–water partition coefficient (Wildman–Crippen LogP) is 4.02. The summed E-state index contributed by atoms with van der Waals surface area (Å²) >= 11 is 7.41. The third-order valence-corrected chi connectivity index (χ3v) is 4.73. The minimum atomic E-state index is -0.400. The van der Waals surface area contributed by atoms with Gasteiger partial charge in [0.2, 0.25) is 0 Å². The van der Waals surface area contributed by atoms with Gasteiger partial charge >= 0.3 is 0 Å². The summed E-state index contributed by atoms with van der Waals surface area (Å²) in [4.78, 5) is 16.8. The van der Waals surface area contributed by atoms with Crippen molar-refractivity contribution >= 4 is 45.9 Å². The molecule has 138 valence electrons. The van der Waals surface area contributed by atoms with Gasteiger partial charge in [0.25, 0.3) is 5.91 Å². The minimum Gasteiger partial charge on any atom is -0.508 e. The number of phenolic OH excluding ortho intramolecular Hbond substituents is 1. The summed E-state index contributed by atoms with van der Waals surface area (Å²) in [6.07, 6.45) is 1.43. The fourth-order valence-corrected chi connectivity index (χ4v) is 3.12. The first kappa shape index (κ1) is 18.7. The van der Waals surface area contributed by atoms with E-state index in [9.17, 15) is 9.90 Å². The molecule has 0 saturated carbocycles. The highest BCUT2D eigenvalue weighted by atomic mass is 35.5. The lowest BCUT2D eigenvalue weighted by atomic mass is 10.2. The first-order valence-electron chi connectivity index (χ1n) is 7.75. The number of methoxy groups -OCH3 is 1. The zero-order chi connectivity index (χ0) is 19.2. The molecule has 0 aliphatic rings. The third kappa shape index (κ3) is 4.96. The first-order chi connectivity index (χ1) is 13.0. The highest BCUT2D eigenvalue weighted by Gasteiger charge is 2.09. The average molecular weight is 403 g/mol. The van der Waals surface area contributed by atoms with E-state index in [-0.39, 0.29) is 10.9 Å². The maximum Gasteiger partial charge on any atom is 0.271 e. The highest BCUT2D eigenvalue weighted by Crippen LogP contribution is 2.28. The summed E-state index contributed by atoms with van der Waals surface area (Å²) in [7, 11) is 1.61. The topological polar surface area (TPSA) is 95.8 Å². The van der Waals surface area contributed by atoms with E-state index in [1.54, 1.807) is 7.11 Å². The fraction of sp³-hybridized carbons (Fsp3) is 0.0556. The van der Waals surface area contributed by atoms with Gasteiger partial charge in [0.05, 0.1) is 18.2 Å². The summed E-state index contributed by atoms with van der Waals surface area (Å²) in [5.41, 5.74) is 3.62. The average Bonchev–Trinajstić information content (AvgIpc) is 3.02. The van der Waals surface area contributed by atoms with E-state index >= 15 is 0 Å². The normalized spacial score (nSPS) is 10.7. The molecule has 1 amide bonds. The second-order valence-electron chi connectivity index (χ2n) is 5.27. The summed E-state index contributed by atoms with van der Waals surface area (Å²) in [6.45, 7) is 0. The van der Waals surface area contributed by atoms with Crippen molar-refractivity contribution in [2.75, 3.05) is 12.4 Å². The van der Waals surface area contributed by atoms with Crippen LogP contribution in [0.3, 0.4) is 0 Å². The van der Waals surface area contributed by atoms with Gasteiger partial charge in [-0.2, -0.15) is 5.10 Å². The van der Waals surface area contributed by atoms with Gasteiger partial charge in [0.1, 0.15) is 11.5 Å². The molecule has 0 unspecified atom stereocenters. The van der Waals surface area contributed by atoms with Gasteiger partial charge < -0.3 is 15.2 Å². The molecule has 0 saturated heterocycles. The second-order valence-corrected chi connectivity index (χ2v) is 6.66. The molecule has 0 atom stereocenters. The number of hydrazone groups is 1. The van der Waals surface area contributed by atoms with Crippen LogP contribution in [0.25, 0.3) is 0 Å². The number of aromatic hydroxyl groups is 1. The van der Waals surface area contributed by atoms with Crippen molar-refractivity contribution in [3.05, 3.63) is 64.1 Å². The molecule has 2 aromatic carbocycles. The smallest absolute Gasteiger partial charge is 0.271 e. The number of carbonyl (C=O) groups is 1. The second kappa shape index (κ2) is 8.52. The van der Waals surface area contributed by atoms with Crippen molar-refractivity contribution in [2.24, 2.45) is 5.10 Å². The molecule has 0 aliphatic carbocycles. The number of halogens is 1. The monoisotopic (exact) mass is 402 g/mol. The lowest BCUT2D eigenvalue weighted by Gasteiger charge is -2.03. The number of benzene rings is 2. The van der Waals surface area contributed by atoms with Gasteiger partial charge in [-0.25, -0.2) is 10.4 Å². The lowest BCUT2D eigenvalue weighted by Crippen LogP contribution is -2.17. The van der Waals surface area contributed by atoms with Crippen LogP contribution in [0, 0.1) is 0 Å². The van der Waals surface area contributed by atoms with Crippen molar-refractivity contribution in [1.82, 2.24) is 10.4 Å². The van der Waals surface area contributed by atoms with Crippen LogP contribution in [0.2, 0.25) is 5.15 Å². The number of nitrogens with zero attached hydrogens (tertiary/aromatic N) is 2. The Kier molecular flexibility index (Phi) is 5.90. The number of amides is 1. The molecule has 3 N–H and O–H groups in total. The Morgan fingerprint density at radius 1 is 1.22 bits per heavy atom. The Morgan fingerprint density at radius 2 is 1.93 bits per heavy atom. The van der Waals surface area contributed by atoms with E-state index in [4.69, 9.17) is 16.3 Å². The molecule has 1 aromatic heterocycles. The van der Waals surface area contributed by atoms with Gasteiger partial charge in [0, 0.05) is 11.3 Å². The number of carbonyl (C=O) groups excluding carboxylic acids is 1. The molecular formula is C18H15ClN4O3S. The summed E-state index contributed by atoms with van der Waals surface area (Å²) < 4.78 is 5.12. The Bertz CT molecular complexity index is 956. The molecule has 0 spiro atoms.